The van der Waals surface area contributed by atoms with Crippen LogP contribution < -0.4 is 10.4 Å². The van der Waals surface area contributed by atoms with Crippen molar-refractivity contribution in [3.63, 3.8) is 0 Å². The van der Waals surface area contributed by atoms with E-state index in [1.54, 1.807) is 13.2 Å². The maximum atomic E-state index is 11.3. The lowest BCUT2D eigenvalue weighted by Crippen LogP contribution is -1.94. The van der Waals surface area contributed by atoms with Gasteiger partial charge in [0.2, 0.25) is 0 Å². The van der Waals surface area contributed by atoms with Crippen molar-refractivity contribution in [3.8, 4) is 5.75 Å². The average molecular weight is 292 g/mol. The van der Waals surface area contributed by atoms with Crippen molar-refractivity contribution in [2.75, 3.05) is 7.11 Å². The molecule has 0 N–H and O–H groups in total. The van der Waals surface area contributed by atoms with E-state index in [1.807, 2.05) is 42.5 Å². The van der Waals surface area contributed by atoms with Crippen LogP contribution >= 0.6 is 0 Å². The van der Waals surface area contributed by atoms with E-state index in [4.69, 9.17) is 9.15 Å². The van der Waals surface area contributed by atoms with E-state index < -0.39 is 0 Å². The molecule has 0 aliphatic rings. The number of allylic oxidation sites excluding steroid dienone is 1. The quantitative estimate of drug-likeness (QED) is 0.681. The summed E-state index contributed by atoms with van der Waals surface area (Å²) in [6.07, 6.45) is 4.93. The number of benzene rings is 2. The molecule has 0 saturated carbocycles. The first kappa shape index (κ1) is 14.1. The second-order valence-electron chi connectivity index (χ2n) is 5.01. The lowest BCUT2D eigenvalue weighted by Gasteiger charge is -2.01. The normalized spacial score (nSPS) is 11.1. The van der Waals surface area contributed by atoms with Crippen molar-refractivity contribution in [2.24, 2.45) is 0 Å². The number of hydrogen-bond donors (Lipinski definition) is 0. The predicted molar refractivity (Wildman–Crippen MR) is 88.2 cm³/mol. The Labute approximate surface area is 128 Å². The summed E-state index contributed by atoms with van der Waals surface area (Å²) in [5.74, 6) is 0.849. The van der Waals surface area contributed by atoms with Gasteiger partial charge in [-0.15, -0.1) is 0 Å². The van der Waals surface area contributed by atoms with Crippen molar-refractivity contribution in [3.05, 3.63) is 82.2 Å². The van der Waals surface area contributed by atoms with Crippen LogP contribution in [0.3, 0.4) is 0 Å². The standard InChI is InChI=1S/C19H16O3/c1-21-17-10-6-14(7-11-17)3-2-4-15-5-8-16-9-12-19(20)22-18(16)13-15/h2-3,5-13H,4H2,1H3/b3-2+. The van der Waals surface area contributed by atoms with Crippen molar-refractivity contribution < 1.29 is 9.15 Å². The second kappa shape index (κ2) is 6.31. The molecule has 2 aromatic carbocycles. The summed E-state index contributed by atoms with van der Waals surface area (Å²) in [4.78, 5) is 11.3. The van der Waals surface area contributed by atoms with Crippen molar-refractivity contribution in [2.45, 2.75) is 6.42 Å². The number of hydrogen-bond acceptors (Lipinski definition) is 3. The average Bonchev–Trinajstić information content (AvgIpc) is 2.55. The third-order valence-electron chi connectivity index (χ3n) is 3.47. The molecule has 22 heavy (non-hydrogen) atoms. The van der Waals surface area contributed by atoms with Gasteiger partial charge < -0.3 is 9.15 Å². The van der Waals surface area contributed by atoms with E-state index in [9.17, 15) is 4.79 Å². The van der Waals surface area contributed by atoms with Gasteiger partial charge in [-0.1, -0.05) is 36.4 Å². The summed E-state index contributed by atoms with van der Waals surface area (Å²) in [5, 5.41) is 0.933. The molecule has 0 amide bonds. The molecule has 110 valence electrons. The number of fused-ring (bicyclic) bond motifs is 1. The Morgan fingerprint density at radius 3 is 2.59 bits per heavy atom. The molecule has 0 saturated heterocycles. The summed E-state index contributed by atoms with van der Waals surface area (Å²) in [7, 11) is 1.66. The van der Waals surface area contributed by atoms with Crippen molar-refractivity contribution >= 4 is 17.0 Å². The van der Waals surface area contributed by atoms with Gasteiger partial charge in [-0.05, 0) is 41.8 Å². The molecule has 1 heterocycles. The molecule has 3 aromatic rings. The van der Waals surface area contributed by atoms with Crippen LogP contribution in [0.4, 0.5) is 0 Å². The van der Waals surface area contributed by atoms with Gasteiger partial charge in [-0.2, -0.15) is 0 Å². The number of methoxy groups -OCH3 is 1. The van der Waals surface area contributed by atoms with Crippen LogP contribution in [-0.2, 0) is 6.42 Å². The largest absolute Gasteiger partial charge is 0.497 e. The highest BCUT2D eigenvalue weighted by atomic mass is 16.5. The smallest absolute Gasteiger partial charge is 0.336 e. The second-order valence-corrected chi connectivity index (χ2v) is 5.01. The summed E-state index contributed by atoms with van der Waals surface area (Å²) >= 11 is 0. The van der Waals surface area contributed by atoms with E-state index >= 15 is 0 Å². The first-order chi connectivity index (χ1) is 10.7. The zero-order valence-electron chi connectivity index (χ0n) is 12.3. The molecule has 0 radical (unpaired) electrons. The van der Waals surface area contributed by atoms with E-state index in [0.29, 0.717) is 5.58 Å². The van der Waals surface area contributed by atoms with Crippen LogP contribution in [0.2, 0.25) is 0 Å². The topological polar surface area (TPSA) is 39.4 Å². The molecular formula is C19H16O3. The Balaban J connectivity index is 1.75. The Morgan fingerprint density at radius 2 is 1.82 bits per heavy atom. The number of ether oxygens (including phenoxy) is 1. The van der Waals surface area contributed by atoms with Gasteiger partial charge in [-0.25, -0.2) is 4.79 Å². The Kier molecular flexibility index (Phi) is 4.05. The molecule has 0 spiro atoms. The maximum absolute atomic E-state index is 11.3. The molecule has 0 fully saturated rings. The first-order valence-corrected chi connectivity index (χ1v) is 7.08. The molecule has 3 nitrogen and oxygen atoms in total. The third kappa shape index (κ3) is 3.26. The van der Waals surface area contributed by atoms with Crippen LogP contribution in [0.5, 0.6) is 5.75 Å². The Morgan fingerprint density at radius 1 is 1.05 bits per heavy atom. The molecule has 0 bridgehead atoms. The highest BCUT2D eigenvalue weighted by molar-refractivity contribution is 5.77. The SMILES string of the molecule is COc1ccc(/C=C/Cc2ccc3ccc(=O)oc3c2)cc1. The third-order valence-corrected chi connectivity index (χ3v) is 3.47. The van der Waals surface area contributed by atoms with Gasteiger partial charge in [0.05, 0.1) is 7.11 Å². The molecule has 0 aliphatic heterocycles. The highest BCUT2D eigenvalue weighted by Crippen LogP contribution is 2.16. The van der Waals surface area contributed by atoms with E-state index in [0.717, 1.165) is 28.7 Å². The maximum Gasteiger partial charge on any atom is 0.336 e. The highest BCUT2D eigenvalue weighted by Gasteiger charge is 1.98. The van der Waals surface area contributed by atoms with Gasteiger partial charge in [0.15, 0.2) is 0 Å². The van der Waals surface area contributed by atoms with Gasteiger partial charge in [-0.3, -0.25) is 0 Å². The fourth-order valence-corrected chi connectivity index (χ4v) is 2.28. The lowest BCUT2D eigenvalue weighted by atomic mass is 10.1. The van der Waals surface area contributed by atoms with Crippen LogP contribution in [0, 0.1) is 0 Å². The van der Waals surface area contributed by atoms with Crippen LogP contribution in [0.15, 0.2) is 69.9 Å². The summed E-state index contributed by atoms with van der Waals surface area (Å²) in [6, 6.07) is 17.0. The minimum absolute atomic E-state index is 0.321. The van der Waals surface area contributed by atoms with Gasteiger partial charge >= 0.3 is 5.63 Å². The summed E-state index contributed by atoms with van der Waals surface area (Å²) in [6.45, 7) is 0. The Bertz CT molecular complexity index is 858. The molecule has 0 atom stereocenters. The van der Waals surface area contributed by atoms with E-state index in [1.165, 1.54) is 6.07 Å². The predicted octanol–water partition coefficient (Wildman–Crippen LogP) is 4.06. The molecule has 1 aromatic heterocycles. The van der Waals surface area contributed by atoms with Crippen LogP contribution in [0.25, 0.3) is 17.0 Å². The van der Waals surface area contributed by atoms with Crippen molar-refractivity contribution in [1.29, 1.82) is 0 Å². The van der Waals surface area contributed by atoms with Gasteiger partial charge in [0.1, 0.15) is 11.3 Å². The summed E-state index contributed by atoms with van der Waals surface area (Å²) in [5.41, 5.74) is 2.53. The van der Waals surface area contributed by atoms with E-state index in [-0.39, 0.29) is 5.63 Å². The monoisotopic (exact) mass is 292 g/mol. The fourth-order valence-electron chi connectivity index (χ4n) is 2.28. The van der Waals surface area contributed by atoms with Gasteiger partial charge in [0, 0.05) is 11.5 Å². The molecule has 3 rings (SSSR count). The summed E-state index contributed by atoms with van der Waals surface area (Å²) < 4.78 is 10.3. The van der Waals surface area contributed by atoms with Crippen LogP contribution in [-0.4, -0.2) is 7.11 Å². The first-order valence-electron chi connectivity index (χ1n) is 7.08. The zero-order valence-corrected chi connectivity index (χ0v) is 12.3. The minimum Gasteiger partial charge on any atom is -0.497 e. The minimum atomic E-state index is -0.321. The molecule has 3 heteroatoms. The van der Waals surface area contributed by atoms with Crippen molar-refractivity contribution in [1.82, 2.24) is 0 Å². The Hall–Kier alpha value is -2.81. The molecular weight excluding hydrogens is 276 g/mol. The number of rotatable bonds is 4. The van der Waals surface area contributed by atoms with Gasteiger partial charge in [0.25, 0.3) is 0 Å². The molecule has 0 aliphatic carbocycles. The molecule has 0 unspecified atom stereocenters. The van der Waals surface area contributed by atoms with E-state index in [2.05, 4.69) is 12.2 Å². The fraction of sp³-hybridized carbons (Fsp3) is 0.105. The van der Waals surface area contributed by atoms with Crippen LogP contribution in [0.1, 0.15) is 11.1 Å². The lowest BCUT2D eigenvalue weighted by molar-refractivity contribution is 0.415. The zero-order chi connectivity index (χ0) is 15.4.